The molecule has 0 unspecified atom stereocenters. The summed E-state index contributed by atoms with van der Waals surface area (Å²) < 4.78 is 5.14. The van der Waals surface area contributed by atoms with Crippen LogP contribution in [-0.2, 0) is 17.6 Å². The van der Waals surface area contributed by atoms with Crippen molar-refractivity contribution in [2.45, 2.75) is 37.0 Å². The molecule has 0 fully saturated rings. The molecule has 24 heavy (non-hydrogen) atoms. The number of ether oxygens (including phenoxy) is 1. The van der Waals surface area contributed by atoms with E-state index < -0.39 is 0 Å². The van der Waals surface area contributed by atoms with E-state index in [0.29, 0.717) is 12.2 Å². The molecule has 2 aromatic rings. The smallest absolute Gasteiger partial charge is 0.225 e. The van der Waals surface area contributed by atoms with Gasteiger partial charge in [-0.3, -0.25) is 4.79 Å². The minimum Gasteiger partial charge on any atom is -0.497 e. The van der Waals surface area contributed by atoms with E-state index in [1.54, 1.807) is 25.2 Å². The van der Waals surface area contributed by atoms with Gasteiger partial charge in [-0.1, -0.05) is 0 Å². The van der Waals surface area contributed by atoms with E-state index in [1.807, 2.05) is 24.3 Å². The highest BCUT2D eigenvalue weighted by Crippen LogP contribution is 2.25. The number of thioether (sulfide) groups is 1. The van der Waals surface area contributed by atoms with Crippen LogP contribution >= 0.6 is 11.8 Å². The van der Waals surface area contributed by atoms with Crippen LogP contribution in [0.1, 0.15) is 30.5 Å². The number of aryl methyl sites for hydroxylation is 1. The second kappa shape index (κ2) is 8.15. The van der Waals surface area contributed by atoms with Gasteiger partial charge in [-0.25, -0.2) is 9.97 Å². The van der Waals surface area contributed by atoms with Crippen LogP contribution in [0.4, 0.5) is 5.82 Å². The van der Waals surface area contributed by atoms with Crippen molar-refractivity contribution >= 4 is 23.5 Å². The van der Waals surface area contributed by atoms with Crippen molar-refractivity contribution in [2.75, 3.05) is 18.2 Å². The topological polar surface area (TPSA) is 64.1 Å². The third-order valence-corrected chi connectivity index (χ3v) is 5.11. The van der Waals surface area contributed by atoms with Gasteiger partial charge in [-0.15, -0.1) is 11.8 Å². The second-order valence-corrected chi connectivity index (χ2v) is 6.85. The highest BCUT2D eigenvalue weighted by molar-refractivity contribution is 7.99. The Kier molecular flexibility index (Phi) is 5.69. The Hall–Kier alpha value is -2.08. The van der Waals surface area contributed by atoms with Gasteiger partial charge in [0.05, 0.1) is 7.11 Å². The molecule has 1 aliphatic rings. The predicted octanol–water partition coefficient (Wildman–Crippen LogP) is 3.48. The van der Waals surface area contributed by atoms with Crippen molar-refractivity contribution in [3.05, 3.63) is 41.9 Å². The molecule has 0 saturated carbocycles. The summed E-state index contributed by atoms with van der Waals surface area (Å²) >= 11 is 1.75. The summed E-state index contributed by atoms with van der Waals surface area (Å²) in [5.41, 5.74) is 2.19. The summed E-state index contributed by atoms with van der Waals surface area (Å²) in [4.78, 5) is 21.8. The lowest BCUT2D eigenvalue weighted by Gasteiger charge is -2.08. The van der Waals surface area contributed by atoms with E-state index in [0.717, 1.165) is 48.4 Å². The monoisotopic (exact) mass is 343 g/mol. The van der Waals surface area contributed by atoms with Crippen molar-refractivity contribution in [3.63, 3.8) is 0 Å². The van der Waals surface area contributed by atoms with E-state index in [4.69, 9.17) is 4.74 Å². The number of nitrogens with zero attached hydrogens (tertiary/aromatic N) is 2. The lowest BCUT2D eigenvalue weighted by atomic mass is 10.2. The Labute approximate surface area is 146 Å². The van der Waals surface area contributed by atoms with Gasteiger partial charge in [-0.2, -0.15) is 0 Å². The number of methoxy groups -OCH3 is 1. The van der Waals surface area contributed by atoms with E-state index in [-0.39, 0.29) is 5.91 Å². The van der Waals surface area contributed by atoms with Crippen molar-refractivity contribution in [3.8, 4) is 5.75 Å². The minimum absolute atomic E-state index is 0.0260. The third-order valence-electron chi connectivity index (χ3n) is 4.01. The number of hydrogen-bond donors (Lipinski definition) is 1. The van der Waals surface area contributed by atoms with Crippen LogP contribution in [0.5, 0.6) is 5.75 Å². The molecule has 5 nitrogen and oxygen atoms in total. The molecule has 1 aromatic carbocycles. The first-order valence-electron chi connectivity index (χ1n) is 8.15. The van der Waals surface area contributed by atoms with Gasteiger partial charge in [0, 0.05) is 22.6 Å². The number of nitrogens with one attached hydrogen (secondary N) is 1. The normalized spacial score (nSPS) is 12.7. The molecular formula is C18H21N3O2S. The summed E-state index contributed by atoms with van der Waals surface area (Å²) in [6, 6.07) is 7.97. The maximum absolute atomic E-state index is 12.1. The maximum Gasteiger partial charge on any atom is 0.225 e. The number of aromatic nitrogens is 2. The number of rotatable bonds is 7. The maximum atomic E-state index is 12.1. The molecule has 0 radical (unpaired) electrons. The Bertz CT molecular complexity index is 704. The molecular weight excluding hydrogens is 322 g/mol. The molecule has 126 valence electrons. The zero-order chi connectivity index (χ0) is 16.8. The molecule has 3 rings (SSSR count). The molecule has 0 bridgehead atoms. The zero-order valence-electron chi connectivity index (χ0n) is 13.7. The Morgan fingerprint density at radius 3 is 2.88 bits per heavy atom. The van der Waals surface area contributed by atoms with Crippen LogP contribution in [0.25, 0.3) is 0 Å². The zero-order valence-corrected chi connectivity index (χ0v) is 14.6. The lowest BCUT2D eigenvalue weighted by Crippen LogP contribution is -2.14. The quantitative estimate of drug-likeness (QED) is 0.616. The largest absolute Gasteiger partial charge is 0.497 e. The van der Waals surface area contributed by atoms with Crippen molar-refractivity contribution in [1.29, 1.82) is 0 Å². The Balaban J connectivity index is 1.42. The number of carbonyl (C=O) groups excluding carboxylic acids is 1. The lowest BCUT2D eigenvalue weighted by molar-refractivity contribution is -0.116. The standard InChI is InChI=1S/C18H21N3O2S/c1-23-13-7-9-14(10-8-13)24-11-3-6-17(22)21-18-15-4-2-5-16(15)19-12-20-18/h7-10,12H,2-6,11H2,1H3,(H,19,20,21,22). The first kappa shape index (κ1) is 16.8. The molecule has 6 heteroatoms. The fourth-order valence-corrected chi connectivity index (χ4v) is 3.61. The summed E-state index contributed by atoms with van der Waals surface area (Å²) in [6.45, 7) is 0. The van der Waals surface area contributed by atoms with Crippen molar-refractivity contribution < 1.29 is 9.53 Å². The van der Waals surface area contributed by atoms with Crippen LogP contribution in [0, 0.1) is 0 Å². The van der Waals surface area contributed by atoms with Gasteiger partial charge in [0.25, 0.3) is 0 Å². The van der Waals surface area contributed by atoms with Gasteiger partial charge in [0.2, 0.25) is 5.91 Å². The SMILES string of the molecule is COc1ccc(SCCCC(=O)Nc2ncnc3c2CCC3)cc1. The summed E-state index contributed by atoms with van der Waals surface area (Å²) in [6.07, 6.45) is 5.91. The van der Waals surface area contributed by atoms with Crippen LogP contribution in [-0.4, -0.2) is 28.7 Å². The molecule has 0 atom stereocenters. The van der Waals surface area contributed by atoms with Crippen molar-refractivity contribution in [2.24, 2.45) is 0 Å². The molecule has 1 N–H and O–H groups in total. The summed E-state index contributed by atoms with van der Waals surface area (Å²) in [5.74, 6) is 2.49. The summed E-state index contributed by atoms with van der Waals surface area (Å²) in [5, 5.41) is 2.94. The molecule has 0 saturated heterocycles. The van der Waals surface area contributed by atoms with Gasteiger partial charge in [-0.05, 0) is 55.7 Å². The molecule has 1 aromatic heterocycles. The van der Waals surface area contributed by atoms with Crippen LogP contribution in [0.2, 0.25) is 0 Å². The minimum atomic E-state index is 0.0260. The highest BCUT2D eigenvalue weighted by Gasteiger charge is 2.18. The van der Waals surface area contributed by atoms with Gasteiger partial charge in [0.15, 0.2) is 0 Å². The Morgan fingerprint density at radius 1 is 1.25 bits per heavy atom. The number of benzene rings is 1. The summed E-state index contributed by atoms with van der Waals surface area (Å²) in [7, 11) is 1.66. The van der Waals surface area contributed by atoms with Gasteiger partial charge in [0.1, 0.15) is 17.9 Å². The number of amides is 1. The van der Waals surface area contributed by atoms with E-state index in [1.165, 1.54) is 4.90 Å². The average molecular weight is 343 g/mol. The first-order chi connectivity index (χ1) is 11.8. The fourth-order valence-electron chi connectivity index (χ4n) is 2.76. The second-order valence-electron chi connectivity index (χ2n) is 5.68. The molecule has 1 aliphatic carbocycles. The van der Waals surface area contributed by atoms with E-state index >= 15 is 0 Å². The Morgan fingerprint density at radius 2 is 2.08 bits per heavy atom. The van der Waals surface area contributed by atoms with Gasteiger partial charge < -0.3 is 10.1 Å². The van der Waals surface area contributed by atoms with Crippen LogP contribution in [0.3, 0.4) is 0 Å². The predicted molar refractivity (Wildman–Crippen MR) is 95.6 cm³/mol. The highest BCUT2D eigenvalue weighted by atomic mass is 32.2. The molecule has 1 heterocycles. The van der Waals surface area contributed by atoms with Crippen LogP contribution in [0.15, 0.2) is 35.5 Å². The van der Waals surface area contributed by atoms with Crippen molar-refractivity contribution in [1.82, 2.24) is 9.97 Å². The molecule has 1 amide bonds. The first-order valence-corrected chi connectivity index (χ1v) is 9.14. The molecule has 0 aliphatic heterocycles. The molecule has 0 spiro atoms. The average Bonchev–Trinajstić information content (AvgIpc) is 3.09. The number of fused-ring (bicyclic) bond motifs is 1. The van der Waals surface area contributed by atoms with Gasteiger partial charge >= 0.3 is 0 Å². The third kappa shape index (κ3) is 4.26. The number of hydrogen-bond acceptors (Lipinski definition) is 5. The number of anilines is 1. The van der Waals surface area contributed by atoms with Crippen LogP contribution < -0.4 is 10.1 Å². The number of carbonyl (C=O) groups is 1. The van der Waals surface area contributed by atoms with E-state index in [2.05, 4.69) is 15.3 Å². The fraction of sp³-hybridized carbons (Fsp3) is 0.389. The van der Waals surface area contributed by atoms with E-state index in [9.17, 15) is 4.79 Å².